The van der Waals surface area contributed by atoms with Crippen molar-refractivity contribution in [3.63, 3.8) is 0 Å². The summed E-state index contributed by atoms with van der Waals surface area (Å²) >= 11 is 3.37. The van der Waals surface area contributed by atoms with Crippen molar-refractivity contribution in [1.29, 1.82) is 0 Å². The molecule has 17 heavy (non-hydrogen) atoms. The van der Waals surface area contributed by atoms with Crippen molar-refractivity contribution in [2.24, 2.45) is 0 Å². The highest BCUT2D eigenvalue weighted by atomic mass is 79.9. The number of nitrogens with one attached hydrogen (secondary N) is 1. The first kappa shape index (κ1) is 13.0. The number of imidazole rings is 1. The maximum atomic E-state index is 12.1. The van der Waals surface area contributed by atoms with Gasteiger partial charge in [0.15, 0.2) is 5.03 Å². The van der Waals surface area contributed by atoms with Gasteiger partial charge < -0.3 is 4.57 Å². The predicted octanol–water partition coefficient (Wildman–Crippen LogP) is 1.50. The van der Waals surface area contributed by atoms with E-state index in [9.17, 15) is 8.42 Å². The van der Waals surface area contributed by atoms with Crippen molar-refractivity contribution in [2.75, 3.05) is 5.33 Å². The molecule has 2 rings (SSSR count). The second kappa shape index (κ2) is 4.70. The highest BCUT2D eigenvalue weighted by molar-refractivity contribution is 9.09. The van der Waals surface area contributed by atoms with Gasteiger partial charge in [-0.3, -0.25) is 0 Å². The first-order valence-electron chi connectivity index (χ1n) is 5.63. The zero-order chi connectivity index (χ0) is 12.5. The molecule has 1 fully saturated rings. The summed E-state index contributed by atoms with van der Waals surface area (Å²) in [6.45, 7) is 2.66. The Balaban J connectivity index is 2.18. The number of hydrogen-bond acceptors (Lipinski definition) is 3. The van der Waals surface area contributed by atoms with Crippen LogP contribution in [-0.2, 0) is 16.6 Å². The van der Waals surface area contributed by atoms with E-state index in [4.69, 9.17) is 0 Å². The zero-order valence-electron chi connectivity index (χ0n) is 9.69. The van der Waals surface area contributed by atoms with Gasteiger partial charge in [-0.05, 0) is 26.2 Å². The van der Waals surface area contributed by atoms with Crippen LogP contribution in [0.4, 0.5) is 0 Å². The van der Waals surface area contributed by atoms with Gasteiger partial charge in [-0.25, -0.2) is 18.1 Å². The Morgan fingerprint density at radius 2 is 2.29 bits per heavy atom. The highest BCUT2D eigenvalue weighted by Gasteiger charge is 2.40. The highest BCUT2D eigenvalue weighted by Crippen LogP contribution is 2.34. The summed E-state index contributed by atoms with van der Waals surface area (Å²) < 4.78 is 28.7. The second-order valence-corrected chi connectivity index (χ2v) is 6.61. The molecule has 0 unspecified atom stereocenters. The lowest BCUT2D eigenvalue weighted by Gasteiger charge is -2.40. The molecule has 0 aromatic carbocycles. The third-order valence-electron chi connectivity index (χ3n) is 3.17. The summed E-state index contributed by atoms with van der Waals surface area (Å²) in [6, 6.07) is 0. The summed E-state index contributed by atoms with van der Waals surface area (Å²) in [4.78, 5) is 3.93. The summed E-state index contributed by atoms with van der Waals surface area (Å²) in [5.41, 5.74) is -0.311. The van der Waals surface area contributed by atoms with Crippen LogP contribution in [-0.4, -0.2) is 28.8 Å². The molecule has 0 spiro atoms. The molecular weight excluding hydrogens is 306 g/mol. The molecule has 1 saturated carbocycles. The largest absolute Gasteiger partial charge is 0.336 e. The van der Waals surface area contributed by atoms with E-state index in [-0.39, 0.29) is 10.6 Å². The normalized spacial score (nSPS) is 18.9. The molecule has 1 aliphatic rings. The van der Waals surface area contributed by atoms with Crippen LogP contribution < -0.4 is 4.72 Å². The van der Waals surface area contributed by atoms with Crippen LogP contribution in [0.2, 0.25) is 0 Å². The van der Waals surface area contributed by atoms with Gasteiger partial charge in [0.25, 0.3) is 10.0 Å². The van der Waals surface area contributed by atoms with Crippen LogP contribution >= 0.6 is 15.9 Å². The number of rotatable bonds is 5. The molecule has 0 atom stereocenters. The van der Waals surface area contributed by atoms with Gasteiger partial charge >= 0.3 is 0 Å². The van der Waals surface area contributed by atoms with Crippen molar-refractivity contribution in [2.45, 2.75) is 43.3 Å². The van der Waals surface area contributed by atoms with E-state index in [1.807, 2.05) is 6.92 Å². The predicted molar refractivity (Wildman–Crippen MR) is 68.6 cm³/mol. The molecule has 5 nitrogen and oxygen atoms in total. The number of aromatic nitrogens is 2. The number of nitrogens with zero attached hydrogens (tertiary/aromatic N) is 2. The van der Waals surface area contributed by atoms with Crippen molar-refractivity contribution >= 4 is 26.0 Å². The Hall–Kier alpha value is -0.400. The van der Waals surface area contributed by atoms with E-state index in [1.165, 1.54) is 6.33 Å². The van der Waals surface area contributed by atoms with E-state index in [2.05, 4.69) is 25.6 Å². The van der Waals surface area contributed by atoms with Crippen LogP contribution in [0.1, 0.15) is 26.2 Å². The molecule has 96 valence electrons. The van der Waals surface area contributed by atoms with Gasteiger partial charge in [0.2, 0.25) is 0 Å². The Kier molecular flexibility index (Phi) is 3.61. The lowest BCUT2D eigenvalue weighted by Crippen LogP contribution is -2.54. The third-order valence-corrected chi connectivity index (χ3v) is 5.70. The minimum atomic E-state index is -3.49. The number of hydrogen-bond donors (Lipinski definition) is 1. The standard InChI is InChI=1S/C10H16BrN3O2S/c1-2-14-6-9(12-8-14)17(15,16)13-10(7-11)4-3-5-10/h6,8,13H,2-5,7H2,1H3. The lowest BCUT2D eigenvalue weighted by atomic mass is 9.80. The van der Waals surface area contributed by atoms with E-state index < -0.39 is 10.0 Å². The first-order chi connectivity index (χ1) is 8.01. The molecule has 7 heteroatoms. The van der Waals surface area contributed by atoms with Gasteiger partial charge in [-0.15, -0.1) is 0 Å². The topological polar surface area (TPSA) is 64.0 Å². The summed E-state index contributed by atoms with van der Waals surface area (Å²) in [6.07, 6.45) is 5.93. The van der Waals surface area contributed by atoms with Gasteiger partial charge in [0.1, 0.15) is 0 Å². The van der Waals surface area contributed by atoms with E-state index in [0.717, 1.165) is 19.3 Å². The van der Waals surface area contributed by atoms with E-state index in [1.54, 1.807) is 10.8 Å². The van der Waals surface area contributed by atoms with Crippen LogP contribution in [0.3, 0.4) is 0 Å². The smallest absolute Gasteiger partial charge is 0.260 e. The summed E-state index contributed by atoms with van der Waals surface area (Å²) in [5.74, 6) is 0. The maximum absolute atomic E-state index is 12.1. The van der Waals surface area contributed by atoms with Crippen molar-refractivity contribution in [1.82, 2.24) is 14.3 Å². The lowest BCUT2D eigenvalue weighted by molar-refractivity contribution is 0.256. The Morgan fingerprint density at radius 1 is 1.59 bits per heavy atom. The second-order valence-electron chi connectivity index (χ2n) is 4.42. The molecule has 1 N–H and O–H groups in total. The SMILES string of the molecule is CCn1cnc(S(=O)(=O)NC2(CBr)CCC2)c1. The van der Waals surface area contributed by atoms with Crippen molar-refractivity contribution in [3.05, 3.63) is 12.5 Å². The number of halogens is 1. The van der Waals surface area contributed by atoms with Gasteiger partial charge in [0.05, 0.1) is 6.33 Å². The molecule has 1 aromatic heterocycles. The van der Waals surface area contributed by atoms with E-state index >= 15 is 0 Å². The number of alkyl halides is 1. The molecule has 0 saturated heterocycles. The van der Waals surface area contributed by atoms with Crippen LogP contribution in [0, 0.1) is 0 Å². The fourth-order valence-corrected chi connectivity index (χ4v) is 4.15. The maximum Gasteiger partial charge on any atom is 0.260 e. The fourth-order valence-electron chi connectivity index (χ4n) is 1.86. The van der Waals surface area contributed by atoms with Gasteiger partial charge in [-0.1, -0.05) is 15.9 Å². The number of aryl methyl sites for hydroxylation is 1. The molecular formula is C10H16BrN3O2S. The van der Waals surface area contributed by atoms with Crippen LogP contribution in [0.25, 0.3) is 0 Å². The molecule has 1 heterocycles. The Labute approximate surface area is 110 Å². The summed E-state index contributed by atoms with van der Waals surface area (Å²) in [5, 5.41) is 0.750. The molecule has 0 aliphatic heterocycles. The Morgan fingerprint density at radius 3 is 2.71 bits per heavy atom. The molecule has 0 amide bonds. The zero-order valence-corrected chi connectivity index (χ0v) is 12.1. The first-order valence-corrected chi connectivity index (χ1v) is 8.23. The van der Waals surface area contributed by atoms with Crippen molar-refractivity contribution < 1.29 is 8.42 Å². The number of sulfonamides is 1. The third kappa shape index (κ3) is 2.56. The minimum Gasteiger partial charge on any atom is -0.336 e. The Bertz CT molecular complexity index is 488. The fraction of sp³-hybridized carbons (Fsp3) is 0.700. The average molecular weight is 322 g/mol. The molecule has 1 aliphatic carbocycles. The van der Waals surface area contributed by atoms with Crippen molar-refractivity contribution in [3.8, 4) is 0 Å². The van der Waals surface area contributed by atoms with E-state index in [0.29, 0.717) is 11.9 Å². The van der Waals surface area contributed by atoms with Gasteiger partial charge in [0, 0.05) is 23.6 Å². The monoisotopic (exact) mass is 321 g/mol. The summed E-state index contributed by atoms with van der Waals surface area (Å²) in [7, 11) is -3.49. The minimum absolute atomic E-state index is 0.103. The molecule has 0 radical (unpaired) electrons. The average Bonchev–Trinajstić information content (AvgIpc) is 2.72. The quantitative estimate of drug-likeness (QED) is 0.836. The van der Waals surface area contributed by atoms with Crippen LogP contribution in [0.15, 0.2) is 17.6 Å². The van der Waals surface area contributed by atoms with Gasteiger partial charge in [-0.2, -0.15) is 0 Å². The molecule has 1 aromatic rings. The van der Waals surface area contributed by atoms with Crippen LogP contribution in [0.5, 0.6) is 0 Å². The molecule has 0 bridgehead atoms.